The maximum atomic E-state index is 10.6. The highest BCUT2D eigenvalue weighted by Gasteiger charge is 2.23. The zero-order chi connectivity index (χ0) is 15.1. The van der Waals surface area contributed by atoms with E-state index in [1.807, 2.05) is 0 Å². The predicted molar refractivity (Wildman–Crippen MR) is 89.3 cm³/mol. The first kappa shape index (κ1) is 16.5. The van der Waals surface area contributed by atoms with E-state index in [1.165, 1.54) is 37.7 Å². The molecule has 0 saturated carbocycles. The molecule has 1 saturated heterocycles. The van der Waals surface area contributed by atoms with E-state index >= 15 is 0 Å². The molecule has 2 heteroatoms. The minimum absolute atomic E-state index is 0.275. The van der Waals surface area contributed by atoms with Crippen LogP contribution in [0.5, 0.6) is 0 Å². The maximum Gasteiger partial charge on any atom is 0.107 e. The molecule has 1 heterocycles. The molecular formula is C19H31NO. The first-order valence-corrected chi connectivity index (χ1v) is 8.64. The van der Waals surface area contributed by atoms with Gasteiger partial charge >= 0.3 is 0 Å². The van der Waals surface area contributed by atoms with Crippen LogP contribution in [0.25, 0.3) is 0 Å². The summed E-state index contributed by atoms with van der Waals surface area (Å²) < 4.78 is 0. The number of likely N-dealkylation sites (tertiary alicyclic amines) is 1. The van der Waals surface area contributed by atoms with Crippen LogP contribution >= 0.6 is 0 Å². The molecule has 2 nitrogen and oxygen atoms in total. The number of rotatable bonds is 7. The molecule has 0 aromatic heterocycles. The summed E-state index contributed by atoms with van der Waals surface area (Å²) in [4.78, 5) is 2.27. The molecule has 1 aromatic rings. The van der Waals surface area contributed by atoms with Crippen molar-refractivity contribution in [2.24, 2.45) is 5.92 Å². The molecule has 21 heavy (non-hydrogen) atoms. The molecule has 0 spiro atoms. The van der Waals surface area contributed by atoms with E-state index < -0.39 is 0 Å². The highest BCUT2D eigenvalue weighted by atomic mass is 16.3. The Hall–Kier alpha value is -0.860. The van der Waals surface area contributed by atoms with Gasteiger partial charge in [0.25, 0.3) is 0 Å². The predicted octanol–water partition coefficient (Wildman–Crippen LogP) is 4.40. The Balaban J connectivity index is 1.97. The average Bonchev–Trinajstić information content (AvgIpc) is 2.52. The fourth-order valence-electron chi connectivity index (χ4n) is 3.30. The molecule has 0 radical (unpaired) electrons. The van der Waals surface area contributed by atoms with Gasteiger partial charge in [0.05, 0.1) is 0 Å². The van der Waals surface area contributed by atoms with Crippen LogP contribution in [0.15, 0.2) is 30.3 Å². The minimum atomic E-state index is -0.275. The van der Waals surface area contributed by atoms with Gasteiger partial charge in [-0.2, -0.15) is 0 Å². The lowest BCUT2D eigenvalue weighted by Crippen LogP contribution is -2.40. The molecule has 0 amide bonds. The van der Waals surface area contributed by atoms with Gasteiger partial charge in [0, 0.05) is 13.1 Å². The van der Waals surface area contributed by atoms with E-state index in [2.05, 4.69) is 49.1 Å². The fraction of sp³-hybridized carbons (Fsp3) is 0.684. The van der Waals surface area contributed by atoms with Crippen LogP contribution < -0.4 is 0 Å². The van der Waals surface area contributed by atoms with Gasteiger partial charge in [0.1, 0.15) is 6.23 Å². The summed E-state index contributed by atoms with van der Waals surface area (Å²) in [5.41, 5.74) is 1.38. The van der Waals surface area contributed by atoms with Crippen molar-refractivity contribution in [3.05, 3.63) is 35.9 Å². The second-order valence-corrected chi connectivity index (χ2v) is 6.89. The van der Waals surface area contributed by atoms with Gasteiger partial charge in [-0.1, -0.05) is 57.0 Å². The minimum Gasteiger partial charge on any atom is -0.378 e. The Labute approximate surface area is 130 Å². The highest BCUT2D eigenvalue weighted by Crippen LogP contribution is 2.29. The fourth-order valence-corrected chi connectivity index (χ4v) is 3.30. The Bertz CT molecular complexity index is 384. The number of aliphatic hydroxyl groups is 1. The summed E-state index contributed by atoms with van der Waals surface area (Å²) in [5.74, 6) is 1.20. The molecule has 0 aliphatic carbocycles. The number of hydrogen-bond donors (Lipinski definition) is 1. The van der Waals surface area contributed by atoms with Crippen molar-refractivity contribution in [3.8, 4) is 0 Å². The first-order chi connectivity index (χ1) is 10.2. The lowest BCUT2D eigenvalue weighted by Gasteiger charge is -2.33. The number of nitrogens with zero attached hydrogens (tertiary/aromatic N) is 1. The van der Waals surface area contributed by atoms with Gasteiger partial charge in [-0.15, -0.1) is 0 Å². The second-order valence-electron chi connectivity index (χ2n) is 6.89. The van der Waals surface area contributed by atoms with Crippen LogP contribution in [0.4, 0.5) is 0 Å². The standard InChI is InChI=1S/C19H31NO/c1-16(2)11-12-18(17-9-5-3-6-10-17)15-19(21)20-13-7-4-8-14-20/h3,5-6,9-10,16,18-19,21H,4,7-8,11-15H2,1-2H3. The van der Waals surface area contributed by atoms with Gasteiger partial charge in [-0.25, -0.2) is 0 Å². The monoisotopic (exact) mass is 289 g/mol. The summed E-state index contributed by atoms with van der Waals surface area (Å²) in [5, 5.41) is 10.6. The van der Waals surface area contributed by atoms with Crippen molar-refractivity contribution in [1.29, 1.82) is 0 Å². The van der Waals surface area contributed by atoms with Crippen LogP contribution in [0.2, 0.25) is 0 Å². The molecule has 1 fully saturated rings. The normalized spacial score (nSPS) is 19.6. The smallest absolute Gasteiger partial charge is 0.107 e. The van der Waals surface area contributed by atoms with E-state index in [0.29, 0.717) is 5.92 Å². The largest absolute Gasteiger partial charge is 0.378 e. The van der Waals surface area contributed by atoms with Crippen molar-refractivity contribution in [1.82, 2.24) is 4.90 Å². The number of piperidine rings is 1. The summed E-state index contributed by atoms with van der Waals surface area (Å²) >= 11 is 0. The quantitative estimate of drug-likeness (QED) is 0.804. The third kappa shape index (κ3) is 5.44. The van der Waals surface area contributed by atoms with Crippen LogP contribution in [-0.4, -0.2) is 29.3 Å². The summed E-state index contributed by atoms with van der Waals surface area (Å²) in [6.45, 7) is 6.69. The molecule has 2 rings (SSSR count). The zero-order valence-electron chi connectivity index (χ0n) is 13.7. The van der Waals surface area contributed by atoms with E-state index in [-0.39, 0.29) is 6.23 Å². The van der Waals surface area contributed by atoms with E-state index in [1.54, 1.807) is 0 Å². The first-order valence-electron chi connectivity index (χ1n) is 8.64. The summed E-state index contributed by atoms with van der Waals surface area (Å²) in [6.07, 6.45) is 6.79. The Morgan fingerprint density at radius 2 is 1.67 bits per heavy atom. The van der Waals surface area contributed by atoms with Crippen molar-refractivity contribution in [2.45, 2.75) is 64.5 Å². The SMILES string of the molecule is CC(C)CCC(CC(O)N1CCCCC1)c1ccccc1. The van der Waals surface area contributed by atoms with Crippen LogP contribution in [0.1, 0.15) is 63.9 Å². The lowest BCUT2D eigenvalue weighted by molar-refractivity contribution is -0.0186. The van der Waals surface area contributed by atoms with Crippen molar-refractivity contribution in [3.63, 3.8) is 0 Å². The van der Waals surface area contributed by atoms with Gasteiger partial charge in [-0.3, -0.25) is 4.90 Å². The molecule has 1 aliphatic heterocycles. The summed E-state index contributed by atoms with van der Waals surface area (Å²) in [6, 6.07) is 10.7. The van der Waals surface area contributed by atoms with Gasteiger partial charge in [0.15, 0.2) is 0 Å². The number of hydrogen-bond acceptors (Lipinski definition) is 2. The Kier molecular flexibility index (Phi) is 6.72. The molecule has 2 unspecified atom stereocenters. The zero-order valence-corrected chi connectivity index (χ0v) is 13.7. The molecule has 1 aliphatic rings. The summed E-state index contributed by atoms with van der Waals surface area (Å²) in [7, 11) is 0. The van der Waals surface area contributed by atoms with Crippen molar-refractivity contribution >= 4 is 0 Å². The molecule has 2 atom stereocenters. The van der Waals surface area contributed by atoms with Crippen LogP contribution in [0.3, 0.4) is 0 Å². The van der Waals surface area contributed by atoms with Crippen LogP contribution in [-0.2, 0) is 0 Å². The average molecular weight is 289 g/mol. The topological polar surface area (TPSA) is 23.5 Å². The second kappa shape index (κ2) is 8.55. The van der Waals surface area contributed by atoms with Crippen LogP contribution in [0, 0.1) is 5.92 Å². The molecule has 1 aromatic carbocycles. The molecule has 118 valence electrons. The third-order valence-corrected chi connectivity index (χ3v) is 4.67. The number of benzene rings is 1. The van der Waals surface area contributed by atoms with E-state index in [4.69, 9.17) is 0 Å². The van der Waals surface area contributed by atoms with Gasteiger partial charge in [0.2, 0.25) is 0 Å². The molecule has 0 bridgehead atoms. The van der Waals surface area contributed by atoms with Gasteiger partial charge < -0.3 is 5.11 Å². The Morgan fingerprint density at radius 3 is 2.29 bits per heavy atom. The molecule has 1 N–H and O–H groups in total. The lowest BCUT2D eigenvalue weighted by atomic mass is 9.88. The third-order valence-electron chi connectivity index (χ3n) is 4.67. The van der Waals surface area contributed by atoms with Crippen molar-refractivity contribution < 1.29 is 5.11 Å². The highest BCUT2D eigenvalue weighted by molar-refractivity contribution is 5.19. The maximum absolute atomic E-state index is 10.6. The Morgan fingerprint density at radius 1 is 1.00 bits per heavy atom. The van der Waals surface area contributed by atoms with Crippen molar-refractivity contribution in [2.75, 3.05) is 13.1 Å². The molecular weight excluding hydrogens is 258 g/mol. The van der Waals surface area contributed by atoms with Gasteiger partial charge in [-0.05, 0) is 43.1 Å². The number of aliphatic hydroxyl groups excluding tert-OH is 1. The van der Waals surface area contributed by atoms with E-state index in [9.17, 15) is 5.11 Å². The van der Waals surface area contributed by atoms with E-state index in [0.717, 1.165) is 25.4 Å².